The van der Waals surface area contributed by atoms with Crippen molar-refractivity contribution in [1.29, 1.82) is 0 Å². The number of hydrogen-bond acceptors (Lipinski definition) is 2. The molecular weight excluding hydrogens is 114 g/mol. The molecule has 0 amide bonds. The van der Waals surface area contributed by atoms with Crippen LogP contribution in [-0.4, -0.2) is 18.5 Å². The zero-order chi connectivity index (χ0) is 6.74. The monoisotopic (exact) mass is 127 g/mol. The van der Waals surface area contributed by atoms with Gasteiger partial charge in [0, 0.05) is 6.21 Å². The van der Waals surface area contributed by atoms with Gasteiger partial charge in [-0.25, -0.2) is 0 Å². The van der Waals surface area contributed by atoms with Crippen LogP contribution in [0.2, 0.25) is 0 Å². The Labute approximate surface area is 55.9 Å². The van der Waals surface area contributed by atoms with Crippen LogP contribution in [0.15, 0.2) is 4.99 Å². The van der Waals surface area contributed by atoms with Crippen LogP contribution >= 0.6 is 0 Å². The van der Waals surface area contributed by atoms with Gasteiger partial charge in [0.15, 0.2) is 5.72 Å². The van der Waals surface area contributed by atoms with E-state index >= 15 is 0 Å². The van der Waals surface area contributed by atoms with Crippen LogP contribution in [0.5, 0.6) is 0 Å². The summed E-state index contributed by atoms with van der Waals surface area (Å²) in [6.45, 7) is 4.86. The van der Waals surface area contributed by atoms with Gasteiger partial charge < -0.3 is 4.74 Å². The lowest BCUT2D eigenvalue weighted by Crippen LogP contribution is -2.20. The molecule has 0 aromatic heterocycles. The first-order valence-corrected chi connectivity index (χ1v) is 3.44. The Morgan fingerprint density at radius 2 is 2.56 bits per heavy atom. The normalized spacial score (nSPS) is 33.6. The lowest BCUT2D eigenvalue weighted by Gasteiger charge is -2.18. The van der Waals surface area contributed by atoms with Crippen LogP contribution in [0, 0.1) is 0 Å². The van der Waals surface area contributed by atoms with Crippen molar-refractivity contribution in [3.63, 3.8) is 0 Å². The number of aliphatic imine (C=N–C) groups is 1. The Morgan fingerprint density at radius 1 is 1.78 bits per heavy atom. The fraction of sp³-hybridized carbons (Fsp3) is 0.857. The Morgan fingerprint density at radius 3 is 3.00 bits per heavy atom. The van der Waals surface area contributed by atoms with Crippen molar-refractivity contribution < 1.29 is 4.74 Å². The van der Waals surface area contributed by atoms with Crippen molar-refractivity contribution in [2.75, 3.05) is 6.61 Å². The second-order valence-corrected chi connectivity index (χ2v) is 2.55. The molecule has 1 unspecified atom stereocenters. The highest BCUT2D eigenvalue weighted by Gasteiger charge is 2.24. The largest absolute Gasteiger partial charge is 0.349 e. The van der Waals surface area contributed by atoms with E-state index in [0.717, 1.165) is 12.8 Å². The lowest BCUT2D eigenvalue weighted by atomic mass is 10.1. The van der Waals surface area contributed by atoms with Gasteiger partial charge in [-0.3, -0.25) is 4.99 Å². The molecule has 1 aliphatic rings. The average Bonchev–Trinajstić information content (AvgIpc) is 2.16. The first-order valence-electron chi connectivity index (χ1n) is 3.44. The van der Waals surface area contributed by atoms with Crippen molar-refractivity contribution in [3.8, 4) is 0 Å². The van der Waals surface area contributed by atoms with Gasteiger partial charge in [0.25, 0.3) is 0 Å². The van der Waals surface area contributed by atoms with Crippen molar-refractivity contribution in [2.24, 2.45) is 4.99 Å². The summed E-state index contributed by atoms with van der Waals surface area (Å²) in [5, 5.41) is 0. The minimum absolute atomic E-state index is 0.186. The molecule has 9 heavy (non-hydrogen) atoms. The number of nitrogens with zero attached hydrogens (tertiary/aromatic N) is 1. The van der Waals surface area contributed by atoms with Gasteiger partial charge in [-0.1, -0.05) is 13.3 Å². The molecule has 1 heterocycles. The molecule has 0 aromatic rings. The molecule has 0 aromatic carbocycles. The third kappa shape index (κ3) is 1.52. The fourth-order valence-electron chi connectivity index (χ4n) is 1.09. The maximum Gasteiger partial charge on any atom is 0.156 e. The topological polar surface area (TPSA) is 21.6 Å². The van der Waals surface area contributed by atoms with Crippen LogP contribution in [0.3, 0.4) is 0 Å². The second kappa shape index (κ2) is 2.48. The maximum absolute atomic E-state index is 5.36. The Balaban J connectivity index is 2.42. The van der Waals surface area contributed by atoms with E-state index in [-0.39, 0.29) is 5.72 Å². The van der Waals surface area contributed by atoms with E-state index < -0.39 is 0 Å². The van der Waals surface area contributed by atoms with Gasteiger partial charge in [0.05, 0.1) is 6.61 Å². The van der Waals surface area contributed by atoms with E-state index in [1.807, 2.05) is 13.1 Å². The molecule has 0 saturated heterocycles. The SMILES string of the molecule is CCCC1(C)N=CCO1. The first-order chi connectivity index (χ1) is 4.27. The van der Waals surface area contributed by atoms with Gasteiger partial charge >= 0.3 is 0 Å². The molecule has 2 nitrogen and oxygen atoms in total. The molecule has 0 saturated carbocycles. The van der Waals surface area contributed by atoms with Gasteiger partial charge in [0.1, 0.15) is 0 Å². The highest BCUT2D eigenvalue weighted by Crippen LogP contribution is 2.21. The molecular formula is C7H13NO. The first kappa shape index (κ1) is 6.75. The van der Waals surface area contributed by atoms with E-state index in [1.165, 1.54) is 0 Å². The van der Waals surface area contributed by atoms with Crippen LogP contribution in [-0.2, 0) is 4.74 Å². The molecule has 0 radical (unpaired) electrons. The minimum atomic E-state index is -0.186. The average molecular weight is 127 g/mol. The van der Waals surface area contributed by atoms with Crippen LogP contribution in [0.4, 0.5) is 0 Å². The smallest absolute Gasteiger partial charge is 0.156 e. The summed E-state index contributed by atoms with van der Waals surface area (Å²) in [7, 11) is 0. The molecule has 1 aliphatic heterocycles. The predicted octanol–water partition coefficient (Wildman–Crippen LogP) is 1.60. The van der Waals surface area contributed by atoms with Crippen LogP contribution in [0.25, 0.3) is 0 Å². The van der Waals surface area contributed by atoms with Crippen molar-refractivity contribution in [2.45, 2.75) is 32.4 Å². The third-order valence-corrected chi connectivity index (χ3v) is 1.55. The van der Waals surface area contributed by atoms with Crippen LogP contribution in [0.1, 0.15) is 26.7 Å². The van der Waals surface area contributed by atoms with Gasteiger partial charge in [-0.2, -0.15) is 0 Å². The molecule has 0 bridgehead atoms. The summed E-state index contributed by atoms with van der Waals surface area (Å²) in [4.78, 5) is 4.21. The minimum Gasteiger partial charge on any atom is -0.349 e. The Kier molecular flexibility index (Phi) is 1.86. The summed E-state index contributed by atoms with van der Waals surface area (Å²) in [6.07, 6.45) is 4.01. The second-order valence-electron chi connectivity index (χ2n) is 2.55. The van der Waals surface area contributed by atoms with E-state index in [4.69, 9.17) is 4.74 Å². The van der Waals surface area contributed by atoms with Crippen molar-refractivity contribution in [3.05, 3.63) is 0 Å². The zero-order valence-corrected chi connectivity index (χ0v) is 6.05. The molecule has 2 heteroatoms. The summed E-state index contributed by atoms with van der Waals surface area (Å²) in [5.41, 5.74) is -0.186. The highest BCUT2D eigenvalue weighted by molar-refractivity contribution is 5.60. The molecule has 0 spiro atoms. The predicted molar refractivity (Wildman–Crippen MR) is 37.8 cm³/mol. The Bertz CT molecular complexity index is 122. The fourth-order valence-corrected chi connectivity index (χ4v) is 1.09. The molecule has 1 atom stereocenters. The van der Waals surface area contributed by atoms with Crippen LogP contribution < -0.4 is 0 Å². The number of rotatable bonds is 2. The van der Waals surface area contributed by atoms with Gasteiger partial charge in [-0.15, -0.1) is 0 Å². The highest BCUT2D eigenvalue weighted by atomic mass is 16.5. The summed E-state index contributed by atoms with van der Waals surface area (Å²) in [5.74, 6) is 0. The van der Waals surface area contributed by atoms with Gasteiger partial charge in [-0.05, 0) is 13.3 Å². The number of ether oxygens (including phenoxy) is 1. The quantitative estimate of drug-likeness (QED) is 0.552. The van der Waals surface area contributed by atoms with E-state index in [0.29, 0.717) is 6.61 Å². The van der Waals surface area contributed by atoms with E-state index in [9.17, 15) is 0 Å². The molecule has 0 aliphatic carbocycles. The van der Waals surface area contributed by atoms with Crippen molar-refractivity contribution in [1.82, 2.24) is 0 Å². The summed E-state index contributed by atoms with van der Waals surface area (Å²) < 4.78 is 5.36. The summed E-state index contributed by atoms with van der Waals surface area (Å²) >= 11 is 0. The molecule has 0 fully saturated rings. The molecule has 52 valence electrons. The Hall–Kier alpha value is -0.370. The van der Waals surface area contributed by atoms with E-state index in [1.54, 1.807) is 0 Å². The maximum atomic E-state index is 5.36. The zero-order valence-electron chi connectivity index (χ0n) is 6.05. The molecule has 0 N–H and O–H groups in total. The number of hydrogen-bond donors (Lipinski definition) is 0. The molecule has 1 rings (SSSR count). The van der Waals surface area contributed by atoms with Gasteiger partial charge in [0.2, 0.25) is 0 Å². The van der Waals surface area contributed by atoms with Crippen molar-refractivity contribution >= 4 is 6.21 Å². The standard InChI is InChI=1S/C7H13NO/c1-3-4-7(2)8-5-6-9-7/h5H,3-4,6H2,1-2H3. The van der Waals surface area contributed by atoms with E-state index in [2.05, 4.69) is 11.9 Å². The lowest BCUT2D eigenvalue weighted by molar-refractivity contribution is 0.00886. The third-order valence-electron chi connectivity index (χ3n) is 1.55. The summed E-state index contributed by atoms with van der Waals surface area (Å²) in [6, 6.07) is 0.